The molecule has 0 saturated heterocycles. The van der Waals surface area contributed by atoms with Crippen LogP contribution in [0.1, 0.15) is 19.6 Å². The van der Waals surface area contributed by atoms with Gasteiger partial charge in [-0.1, -0.05) is 0 Å². The van der Waals surface area contributed by atoms with E-state index in [0.717, 1.165) is 12.2 Å². The molecule has 2 N–H and O–H groups in total. The number of ether oxygens (including phenoxy) is 1. The molecule has 7 nitrogen and oxygen atoms in total. The van der Waals surface area contributed by atoms with Crippen molar-refractivity contribution in [1.29, 1.82) is 0 Å². The minimum Gasteiger partial charge on any atom is -0.469 e. The number of hydrogen-bond donors (Lipinski definition) is 2. The average Bonchev–Trinajstić information content (AvgIpc) is 3.02. The van der Waals surface area contributed by atoms with Gasteiger partial charge in [-0.2, -0.15) is 0 Å². The van der Waals surface area contributed by atoms with E-state index in [1.165, 1.54) is 4.90 Å². The van der Waals surface area contributed by atoms with E-state index in [0.29, 0.717) is 19.0 Å². The molecule has 0 bridgehead atoms. The van der Waals surface area contributed by atoms with Gasteiger partial charge >= 0.3 is 0 Å². The highest BCUT2D eigenvalue weighted by atomic mass is 127. The Hall–Kier alpha value is -1.29. The second kappa shape index (κ2) is 11.3. The number of carbonyl (C=O) groups excluding carboxylic acids is 1. The fraction of sp³-hybridized carbons (Fsp3) is 0.625. The van der Waals surface area contributed by atoms with E-state index in [2.05, 4.69) is 15.6 Å². The molecule has 1 aromatic rings. The third-order valence-electron chi connectivity index (χ3n) is 3.35. The van der Waals surface area contributed by atoms with E-state index in [-0.39, 0.29) is 42.0 Å². The molecule has 0 aromatic carbocycles. The van der Waals surface area contributed by atoms with E-state index in [1.807, 2.05) is 26.0 Å². The summed E-state index contributed by atoms with van der Waals surface area (Å²) in [6.45, 7) is 5.28. The fourth-order valence-corrected chi connectivity index (χ4v) is 1.59. The largest absolute Gasteiger partial charge is 0.469 e. The van der Waals surface area contributed by atoms with Crippen molar-refractivity contribution in [3.8, 4) is 0 Å². The highest BCUT2D eigenvalue weighted by Crippen LogP contribution is 2.04. The molecular weight excluding hydrogens is 423 g/mol. The second-order valence-electron chi connectivity index (χ2n) is 6.03. The Morgan fingerprint density at radius 3 is 2.62 bits per heavy atom. The van der Waals surface area contributed by atoms with Crippen molar-refractivity contribution in [1.82, 2.24) is 15.5 Å². The van der Waals surface area contributed by atoms with Crippen molar-refractivity contribution >= 4 is 35.8 Å². The SMILES string of the molecule is COC(C)(C)CNC(=NCC(=O)N(C)C)NCCc1ccco1.I. The molecule has 0 atom stereocenters. The topological polar surface area (TPSA) is 79.1 Å². The molecule has 8 heteroatoms. The molecule has 1 amide bonds. The standard InChI is InChI=1S/C16H28N4O3.HI/c1-16(2,22-5)12-19-15(18-11-14(21)20(3)4)17-9-8-13-7-6-10-23-13;/h6-7,10H,8-9,11-12H2,1-5H3,(H2,17,18,19);1H. The number of nitrogens with zero attached hydrogens (tertiary/aromatic N) is 2. The molecule has 0 aliphatic heterocycles. The van der Waals surface area contributed by atoms with Crippen LogP contribution >= 0.6 is 24.0 Å². The van der Waals surface area contributed by atoms with Crippen LogP contribution in [0, 0.1) is 0 Å². The van der Waals surface area contributed by atoms with Crippen molar-refractivity contribution in [2.45, 2.75) is 25.9 Å². The normalized spacial score (nSPS) is 11.6. The molecule has 0 fully saturated rings. The van der Waals surface area contributed by atoms with Crippen LogP contribution < -0.4 is 10.6 Å². The Morgan fingerprint density at radius 1 is 1.38 bits per heavy atom. The molecule has 1 rings (SSSR count). The number of rotatable bonds is 8. The summed E-state index contributed by atoms with van der Waals surface area (Å²) >= 11 is 0. The zero-order chi connectivity index (χ0) is 17.3. The van der Waals surface area contributed by atoms with Gasteiger partial charge in [0, 0.05) is 40.7 Å². The maximum Gasteiger partial charge on any atom is 0.243 e. The first-order chi connectivity index (χ1) is 10.8. The molecular formula is C16H29IN4O3. The van der Waals surface area contributed by atoms with Gasteiger partial charge in [0.05, 0.1) is 11.9 Å². The number of hydrogen-bond acceptors (Lipinski definition) is 4. The predicted octanol–water partition coefficient (Wildman–Crippen LogP) is 1.49. The van der Waals surface area contributed by atoms with Crippen molar-refractivity contribution in [2.24, 2.45) is 4.99 Å². The number of likely N-dealkylation sites (N-methyl/N-ethyl adjacent to an activating group) is 1. The van der Waals surface area contributed by atoms with Crippen LogP contribution in [0.2, 0.25) is 0 Å². The monoisotopic (exact) mass is 452 g/mol. The lowest BCUT2D eigenvalue weighted by molar-refractivity contribution is -0.127. The molecule has 0 saturated carbocycles. The number of nitrogens with one attached hydrogen (secondary N) is 2. The number of carbonyl (C=O) groups is 1. The van der Waals surface area contributed by atoms with Crippen molar-refractivity contribution in [2.75, 3.05) is 40.8 Å². The summed E-state index contributed by atoms with van der Waals surface area (Å²) < 4.78 is 10.7. The predicted molar refractivity (Wildman–Crippen MR) is 106 cm³/mol. The Bertz CT molecular complexity index is 501. The first kappa shape index (κ1) is 22.7. The number of aliphatic imine (C=N–C) groups is 1. The molecule has 1 heterocycles. The number of guanidine groups is 1. The van der Waals surface area contributed by atoms with Gasteiger partial charge in [-0.15, -0.1) is 24.0 Å². The summed E-state index contributed by atoms with van der Waals surface area (Å²) in [5, 5.41) is 6.40. The maximum absolute atomic E-state index is 11.7. The fourth-order valence-electron chi connectivity index (χ4n) is 1.59. The zero-order valence-corrected chi connectivity index (χ0v) is 17.4. The lowest BCUT2D eigenvalue weighted by atomic mass is 10.1. The summed E-state index contributed by atoms with van der Waals surface area (Å²) in [7, 11) is 5.09. The lowest BCUT2D eigenvalue weighted by Crippen LogP contribution is -2.46. The van der Waals surface area contributed by atoms with Gasteiger partial charge in [0.25, 0.3) is 0 Å². The molecule has 0 aliphatic rings. The zero-order valence-electron chi connectivity index (χ0n) is 15.1. The van der Waals surface area contributed by atoms with Crippen LogP contribution in [0.3, 0.4) is 0 Å². The summed E-state index contributed by atoms with van der Waals surface area (Å²) in [5.74, 6) is 1.43. The Kier molecular flexibility index (Phi) is 10.7. The quantitative estimate of drug-likeness (QED) is 0.355. The van der Waals surface area contributed by atoms with Gasteiger partial charge in [0.1, 0.15) is 12.3 Å². The Balaban J connectivity index is 0.00000529. The van der Waals surface area contributed by atoms with Crippen LogP contribution in [0.25, 0.3) is 0 Å². The summed E-state index contributed by atoms with van der Waals surface area (Å²) in [6.07, 6.45) is 2.39. The average molecular weight is 452 g/mol. The second-order valence-corrected chi connectivity index (χ2v) is 6.03. The van der Waals surface area contributed by atoms with Gasteiger partial charge in [-0.3, -0.25) is 4.79 Å². The summed E-state index contributed by atoms with van der Waals surface area (Å²) in [6, 6.07) is 3.79. The molecule has 0 unspecified atom stereocenters. The van der Waals surface area contributed by atoms with Crippen molar-refractivity contribution in [3.05, 3.63) is 24.2 Å². The molecule has 24 heavy (non-hydrogen) atoms. The van der Waals surface area contributed by atoms with E-state index < -0.39 is 0 Å². The van der Waals surface area contributed by atoms with Gasteiger partial charge in [0.2, 0.25) is 5.91 Å². The van der Waals surface area contributed by atoms with E-state index in [1.54, 1.807) is 27.5 Å². The molecule has 0 aliphatic carbocycles. The smallest absolute Gasteiger partial charge is 0.243 e. The van der Waals surface area contributed by atoms with Gasteiger partial charge in [-0.05, 0) is 26.0 Å². The van der Waals surface area contributed by atoms with Crippen LogP contribution in [0.5, 0.6) is 0 Å². The lowest BCUT2D eigenvalue weighted by Gasteiger charge is -2.24. The summed E-state index contributed by atoms with van der Waals surface area (Å²) in [5.41, 5.74) is -0.324. The van der Waals surface area contributed by atoms with Crippen molar-refractivity contribution < 1.29 is 13.9 Å². The minimum atomic E-state index is -0.324. The van der Waals surface area contributed by atoms with E-state index >= 15 is 0 Å². The van der Waals surface area contributed by atoms with E-state index in [9.17, 15) is 4.79 Å². The summed E-state index contributed by atoms with van der Waals surface area (Å²) in [4.78, 5) is 17.5. The number of furan rings is 1. The van der Waals surface area contributed by atoms with Gasteiger partial charge in [0.15, 0.2) is 5.96 Å². The molecule has 138 valence electrons. The number of methoxy groups -OCH3 is 1. The molecule has 1 aromatic heterocycles. The third kappa shape index (κ3) is 9.11. The first-order valence-electron chi connectivity index (χ1n) is 7.64. The van der Waals surface area contributed by atoms with Crippen LogP contribution in [0.4, 0.5) is 0 Å². The first-order valence-corrected chi connectivity index (χ1v) is 7.64. The highest BCUT2D eigenvalue weighted by Gasteiger charge is 2.16. The highest BCUT2D eigenvalue weighted by molar-refractivity contribution is 14.0. The van der Waals surface area contributed by atoms with Crippen LogP contribution in [-0.4, -0.2) is 63.2 Å². The minimum absolute atomic E-state index is 0. The van der Waals surface area contributed by atoms with E-state index in [4.69, 9.17) is 9.15 Å². The van der Waals surface area contributed by atoms with Gasteiger partial charge < -0.3 is 24.7 Å². The Labute approximate surface area is 161 Å². The molecule has 0 radical (unpaired) electrons. The number of amides is 1. The Morgan fingerprint density at radius 2 is 2.08 bits per heavy atom. The maximum atomic E-state index is 11.7. The van der Waals surface area contributed by atoms with Crippen LogP contribution in [0.15, 0.2) is 27.8 Å². The molecule has 0 spiro atoms. The van der Waals surface area contributed by atoms with Crippen molar-refractivity contribution in [3.63, 3.8) is 0 Å². The van der Waals surface area contributed by atoms with Gasteiger partial charge in [-0.25, -0.2) is 4.99 Å². The number of halogens is 1. The van der Waals surface area contributed by atoms with Crippen LogP contribution in [-0.2, 0) is 16.0 Å². The third-order valence-corrected chi connectivity index (χ3v) is 3.35.